The third-order valence-electron chi connectivity index (χ3n) is 9.85. The van der Waals surface area contributed by atoms with E-state index in [0.29, 0.717) is 0 Å². The fraction of sp³-hybridized carbons (Fsp3) is 0. The SMILES string of the molecule is c1ccc2c(c1)sc1c(-c3ccc4c(c3)c3cccc5c6cccc7c8ccccc8n(c8ccccc8n4c35)c76)cccc12. The van der Waals surface area contributed by atoms with Crippen molar-refractivity contribution in [3.63, 3.8) is 0 Å². The summed E-state index contributed by atoms with van der Waals surface area (Å²) in [5.74, 6) is 0. The second kappa shape index (κ2) is 8.50. The second-order valence-corrected chi connectivity index (χ2v) is 13.1. The monoisotopic (exact) mass is 588 g/mol. The second-order valence-electron chi connectivity index (χ2n) is 12.1. The van der Waals surface area contributed by atoms with Gasteiger partial charge in [-0.25, -0.2) is 0 Å². The van der Waals surface area contributed by atoms with Crippen LogP contribution in [0.25, 0.3) is 96.7 Å². The lowest BCUT2D eigenvalue weighted by molar-refractivity contribution is 1.29. The molecule has 7 aromatic carbocycles. The lowest BCUT2D eigenvalue weighted by Crippen LogP contribution is -1.94. The van der Waals surface area contributed by atoms with Gasteiger partial charge in [-0.15, -0.1) is 11.3 Å². The third kappa shape index (κ3) is 2.98. The maximum atomic E-state index is 2.51. The zero-order valence-corrected chi connectivity index (χ0v) is 25.0. The van der Waals surface area contributed by atoms with Crippen molar-refractivity contribution in [2.75, 3.05) is 0 Å². The van der Waals surface area contributed by atoms with Crippen molar-refractivity contribution in [2.45, 2.75) is 0 Å². The van der Waals surface area contributed by atoms with E-state index in [1.807, 2.05) is 11.3 Å². The van der Waals surface area contributed by atoms with Crippen molar-refractivity contribution >= 4 is 96.9 Å². The van der Waals surface area contributed by atoms with E-state index < -0.39 is 0 Å². The van der Waals surface area contributed by atoms with Crippen molar-refractivity contribution in [1.82, 2.24) is 8.80 Å². The van der Waals surface area contributed by atoms with Crippen LogP contribution >= 0.6 is 11.3 Å². The normalized spacial score (nSPS) is 12.4. The van der Waals surface area contributed by atoms with Crippen molar-refractivity contribution in [2.24, 2.45) is 0 Å². The molecule has 0 fully saturated rings. The van der Waals surface area contributed by atoms with Crippen LogP contribution in [0, 0.1) is 0 Å². The number of nitrogens with zero attached hydrogens (tertiary/aromatic N) is 2. The van der Waals surface area contributed by atoms with Gasteiger partial charge in [0.1, 0.15) is 0 Å². The van der Waals surface area contributed by atoms with Gasteiger partial charge in [0, 0.05) is 52.5 Å². The van der Waals surface area contributed by atoms with Crippen LogP contribution in [-0.4, -0.2) is 8.80 Å². The van der Waals surface area contributed by atoms with E-state index in [-0.39, 0.29) is 0 Å². The summed E-state index contributed by atoms with van der Waals surface area (Å²) < 4.78 is 7.68. The van der Waals surface area contributed by atoms with E-state index in [4.69, 9.17) is 0 Å². The van der Waals surface area contributed by atoms with Crippen molar-refractivity contribution in [1.29, 1.82) is 0 Å². The first-order valence-electron chi connectivity index (χ1n) is 15.5. The summed E-state index contributed by atoms with van der Waals surface area (Å²) in [5.41, 5.74) is 9.94. The summed E-state index contributed by atoms with van der Waals surface area (Å²) in [6.07, 6.45) is 0. The molecule has 4 aromatic heterocycles. The molecular weight excluding hydrogens is 565 g/mol. The fourth-order valence-corrected chi connectivity index (χ4v) is 9.25. The summed E-state index contributed by atoms with van der Waals surface area (Å²) in [5, 5.41) is 10.3. The Morgan fingerprint density at radius 2 is 0.867 bits per heavy atom. The molecule has 2 nitrogen and oxygen atoms in total. The molecule has 0 unspecified atom stereocenters. The Kier molecular flexibility index (Phi) is 4.49. The maximum absolute atomic E-state index is 2.51. The largest absolute Gasteiger partial charge is 0.307 e. The topological polar surface area (TPSA) is 8.82 Å². The molecular formula is C42H24N2S. The number of rotatable bonds is 1. The number of thiophene rings is 1. The Balaban J connectivity index is 1.36. The number of fused-ring (bicyclic) bond motifs is 13. The average molecular weight is 589 g/mol. The van der Waals surface area contributed by atoms with E-state index in [1.165, 1.54) is 96.7 Å². The van der Waals surface area contributed by atoms with Crippen LogP contribution in [0.15, 0.2) is 146 Å². The fourth-order valence-electron chi connectivity index (χ4n) is 8.01. The van der Waals surface area contributed by atoms with Crippen LogP contribution in [0.5, 0.6) is 0 Å². The summed E-state index contributed by atoms with van der Waals surface area (Å²) in [4.78, 5) is 0. The number of hydrogen-bond acceptors (Lipinski definition) is 1. The van der Waals surface area contributed by atoms with Gasteiger partial charge in [-0.1, -0.05) is 109 Å². The molecule has 0 amide bonds. The summed E-state index contributed by atoms with van der Waals surface area (Å²) in [7, 11) is 0. The minimum Gasteiger partial charge on any atom is -0.307 e. The van der Waals surface area contributed by atoms with Gasteiger partial charge in [0.05, 0.1) is 33.1 Å². The highest BCUT2D eigenvalue weighted by Gasteiger charge is 2.19. The van der Waals surface area contributed by atoms with Gasteiger partial charge in [-0.05, 0) is 47.5 Å². The van der Waals surface area contributed by atoms with Crippen molar-refractivity contribution in [3.8, 4) is 11.1 Å². The number of aromatic nitrogens is 2. The number of hydrogen-bond donors (Lipinski definition) is 0. The predicted molar refractivity (Wildman–Crippen MR) is 194 cm³/mol. The van der Waals surface area contributed by atoms with Gasteiger partial charge in [0.2, 0.25) is 0 Å². The number of para-hydroxylation sites is 5. The molecule has 45 heavy (non-hydrogen) atoms. The van der Waals surface area contributed by atoms with Crippen LogP contribution in [-0.2, 0) is 0 Å². The van der Waals surface area contributed by atoms with Gasteiger partial charge < -0.3 is 8.80 Å². The van der Waals surface area contributed by atoms with E-state index in [1.54, 1.807) is 0 Å². The Bertz CT molecular complexity index is 3040. The van der Waals surface area contributed by atoms with Crippen LogP contribution in [0.4, 0.5) is 0 Å². The maximum Gasteiger partial charge on any atom is 0.0703 e. The Morgan fingerprint density at radius 1 is 0.356 bits per heavy atom. The molecule has 0 radical (unpaired) electrons. The van der Waals surface area contributed by atoms with Gasteiger partial charge in [-0.3, -0.25) is 0 Å². The molecule has 208 valence electrons. The Labute approximate surface area is 261 Å². The van der Waals surface area contributed by atoms with E-state index in [0.717, 1.165) is 0 Å². The first-order valence-corrected chi connectivity index (χ1v) is 16.3. The highest BCUT2D eigenvalue weighted by atomic mass is 32.1. The molecule has 11 aromatic rings. The van der Waals surface area contributed by atoms with Crippen LogP contribution in [0.1, 0.15) is 0 Å². The predicted octanol–water partition coefficient (Wildman–Crippen LogP) is 12.0. The molecule has 0 bridgehead atoms. The van der Waals surface area contributed by atoms with E-state index in [2.05, 4.69) is 154 Å². The van der Waals surface area contributed by atoms with E-state index in [9.17, 15) is 0 Å². The Morgan fingerprint density at radius 3 is 1.60 bits per heavy atom. The molecule has 4 heterocycles. The average Bonchev–Trinajstić information content (AvgIpc) is 3.75. The summed E-state index contributed by atoms with van der Waals surface area (Å²) >= 11 is 1.89. The van der Waals surface area contributed by atoms with Crippen molar-refractivity contribution < 1.29 is 0 Å². The van der Waals surface area contributed by atoms with Crippen molar-refractivity contribution in [3.05, 3.63) is 146 Å². The lowest BCUT2D eigenvalue weighted by Gasteiger charge is -2.10. The molecule has 0 N–H and O–H groups in total. The standard InChI is InChI=1S/C42H24N2S/c1-3-18-35-27(10-1)29-13-8-14-30-31-15-9-16-32-34-24-25(26-12-7-17-33-28-11-2-6-21-39(28)45-42(26)33)22-23-36(34)44(41(31)32)38-20-5-4-19-37(38)43(35)40(29)30/h1-24H. The van der Waals surface area contributed by atoms with Gasteiger partial charge in [0.25, 0.3) is 0 Å². The molecule has 0 atom stereocenters. The highest BCUT2D eigenvalue weighted by Crippen LogP contribution is 2.43. The molecule has 0 spiro atoms. The molecule has 0 saturated carbocycles. The van der Waals surface area contributed by atoms with Gasteiger partial charge >= 0.3 is 0 Å². The molecule has 0 aliphatic carbocycles. The minimum atomic E-state index is 1.20. The summed E-state index contributed by atoms with van der Waals surface area (Å²) in [6, 6.07) is 54.0. The minimum absolute atomic E-state index is 1.20. The van der Waals surface area contributed by atoms with E-state index >= 15 is 0 Å². The van der Waals surface area contributed by atoms with Crippen LogP contribution < -0.4 is 0 Å². The summed E-state index contributed by atoms with van der Waals surface area (Å²) in [6.45, 7) is 0. The smallest absolute Gasteiger partial charge is 0.0703 e. The number of benzene rings is 7. The first-order chi connectivity index (χ1) is 22.3. The Hall–Kier alpha value is -5.64. The first kappa shape index (κ1) is 23.8. The van der Waals surface area contributed by atoms with Gasteiger partial charge in [-0.2, -0.15) is 0 Å². The zero-order valence-electron chi connectivity index (χ0n) is 24.2. The molecule has 11 rings (SSSR count). The zero-order chi connectivity index (χ0) is 29.2. The molecule has 0 aliphatic rings. The quantitative estimate of drug-likeness (QED) is 0.180. The molecule has 3 heteroatoms. The lowest BCUT2D eigenvalue weighted by atomic mass is 10.00. The molecule has 0 saturated heterocycles. The van der Waals surface area contributed by atoms with Crippen LogP contribution in [0.2, 0.25) is 0 Å². The highest BCUT2D eigenvalue weighted by molar-refractivity contribution is 7.26. The van der Waals surface area contributed by atoms with Crippen LogP contribution in [0.3, 0.4) is 0 Å². The third-order valence-corrected chi connectivity index (χ3v) is 11.1. The van der Waals surface area contributed by atoms with Gasteiger partial charge in [0.15, 0.2) is 0 Å². The molecule has 0 aliphatic heterocycles.